The Balaban J connectivity index is 2.84. The van der Waals surface area contributed by atoms with Crippen molar-refractivity contribution in [2.24, 2.45) is 0 Å². The van der Waals surface area contributed by atoms with E-state index in [4.69, 9.17) is 0 Å². The van der Waals surface area contributed by atoms with Crippen LogP contribution in [0.1, 0.15) is 31.7 Å². The molecule has 1 atom stereocenters. The molecular formula is C10H14N2O. The van der Waals surface area contributed by atoms with Gasteiger partial charge in [0.25, 0.3) is 0 Å². The molecule has 0 fully saturated rings. The normalized spacial score (nSPS) is 12.2. The molecule has 0 aliphatic carbocycles. The van der Waals surface area contributed by atoms with Crippen molar-refractivity contribution in [2.75, 3.05) is 5.32 Å². The van der Waals surface area contributed by atoms with Crippen molar-refractivity contribution in [3.63, 3.8) is 0 Å². The number of amides is 1. The van der Waals surface area contributed by atoms with Gasteiger partial charge >= 0.3 is 0 Å². The van der Waals surface area contributed by atoms with E-state index in [0.29, 0.717) is 12.3 Å². The van der Waals surface area contributed by atoms with Crippen LogP contribution in [0.15, 0.2) is 18.5 Å². The fourth-order valence-corrected chi connectivity index (χ4v) is 1.11. The van der Waals surface area contributed by atoms with E-state index in [2.05, 4.69) is 24.1 Å². The minimum absolute atomic E-state index is 0.487. The number of hydrogen-bond acceptors (Lipinski definition) is 2. The Hall–Kier alpha value is -1.38. The maximum absolute atomic E-state index is 10.2. The highest BCUT2D eigenvalue weighted by Crippen LogP contribution is 2.19. The average Bonchev–Trinajstić information content (AvgIpc) is 2.18. The number of pyridine rings is 1. The molecule has 1 unspecified atom stereocenters. The zero-order valence-electron chi connectivity index (χ0n) is 7.95. The largest absolute Gasteiger partial charge is 0.327 e. The van der Waals surface area contributed by atoms with Crippen molar-refractivity contribution in [2.45, 2.75) is 26.2 Å². The average molecular weight is 178 g/mol. The van der Waals surface area contributed by atoms with E-state index < -0.39 is 0 Å². The zero-order valence-corrected chi connectivity index (χ0v) is 7.95. The molecule has 1 aromatic rings. The van der Waals surface area contributed by atoms with Gasteiger partial charge in [-0.15, -0.1) is 0 Å². The van der Waals surface area contributed by atoms with Crippen molar-refractivity contribution >= 4 is 12.1 Å². The molecule has 0 radical (unpaired) electrons. The van der Waals surface area contributed by atoms with E-state index >= 15 is 0 Å². The predicted molar refractivity (Wildman–Crippen MR) is 52.6 cm³/mol. The molecule has 0 aliphatic rings. The molecule has 0 aromatic carbocycles. The van der Waals surface area contributed by atoms with Gasteiger partial charge < -0.3 is 5.32 Å². The lowest BCUT2D eigenvalue weighted by molar-refractivity contribution is -0.105. The summed E-state index contributed by atoms with van der Waals surface area (Å²) in [5.74, 6) is 0.487. The molecule has 0 bridgehead atoms. The summed E-state index contributed by atoms with van der Waals surface area (Å²) in [5, 5.41) is 2.58. The predicted octanol–water partition coefficient (Wildman–Crippen LogP) is 2.16. The SMILES string of the molecule is CCC(C)c1cncc(NC=O)c1. The Labute approximate surface area is 78.2 Å². The van der Waals surface area contributed by atoms with Gasteiger partial charge in [0.05, 0.1) is 11.9 Å². The number of hydrogen-bond donors (Lipinski definition) is 1. The molecule has 1 rings (SSSR count). The van der Waals surface area contributed by atoms with Crippen LogP contribution in [0.25, 0.3) is 0 Å². The standard InChI is InChI=1S/C10H14N2O/c1-3-8(2)9-4-10(12-7-13)6-11-5-9/h4-8H,3H2,1-2H3,(H,12,13). The topological polar surface area (TPSA) is 42.0 Å². The number of nitrogens with zero attached hydrogens (tertiary/aromatic N) is 1. The lowest BCUT2D eigenvalue weighted by Crippen LogP contribution is -1.98. The molecule has 1 heterocycles. The summed E-state index contributed by atoms with van der Waals surface area (Å²) in [6, 6.07) is 1.95. The van der Waals surface area contributed by atoms with Crippen LogP contribution >= 0.6 is 0 Å². The van der Waals surface area contributed by atoms with Crippen LogP contribution in [0.2, 0.25) is 0 Å². The molecule has 3 heteroatoms. The molecular weight excluding hydrogens is 164 g/mol. The molecule has 0 spiro atoms. The minimum atomic E-state index is 0.487. The first kappa shape index (κ1) is 9.71. The quantitative estimate of drug-likeness (QED) is 0.718. The summed E-state index contributed by atoms with van der Waals surface area (Å²) in [6.07, 6.45) is 5.22. The summed E-state index contributed by atoms with van der Waals surface area (Å²) >= 11 is 0. The fraction of sp³-hybridized carbons (Fsp3) is 0.400. The van der Waals surface area contributed by atoms with Crippen LogP contribution < -0.4 is 5.32 Å². The second kappa shape index (κ2) is 4.60. The Bertz CT molecular complexity index is 286. The molecule has 13 heavy (non-hydrogen) atoms. The monoisotopic (exact) mass is 178 g/mol. The highest BCUT2D eigenvalue weighted by molar-refractivity contribution is 5.70. The Morgan fingerprint density at radius 1 is 1.62 bits per heavy atom. The molecule has 3 nitrogen and oxygen atoms in total. The van der Waals surface area contributed by atoms with Crippen molar-refractivity contribution in [3.8, 4) is 0 Å². The van der Waals surface area contributed by atoms with Crippen LogP contribution in [0, 0.1) is 0 Å². The number of aromatic nitrogens is 1. The Morgan fingerprint density at radius 2 is 2.38 bits per heavy atom. The lowest BCUT2D eigenvalue weighted by Gasteiger charge is -2.08. The van der Waals surface area contributed by atoms with Crippen LogP contribution in [0.3, 0.4) is 0 Å². The van der Waals surface area contributed by atoms with E-state index in [1.807, 2.05) is 12.3 Å². The van der Waals surface area contributed by atoms with Gasteiger partial charge in [-0.25, -0.2) is 0 Å². The van der Waals surface area contributed by atoms with Crippen LogP contribution in [-0.4, -0.2) is 11.4 Å². The highest BCUT2D eigenvalue weighted by Gasteiger charge is 2.03. The number of carbonyl (C=O) groups excluding carboxylic acids is 1. The first-order chi connectivity index (χ1) is 6.27. The summed E-state index contributed by atoms with van der Waals surface area (Å²) < 4.78 is 0. The maximum Gasteiger partial charge on any atom is 0.211 e. The van der Waals surface area contributed by atoms with Crippen LogP contribution in [0.4, 0.5) is 5.69 Å². The summed E-state index contributed by atoms with van der Waals surface area (Å²) in [4.78, 5) is 14.2. The number of rotatable bonds is 4. The lowest BCUT2D eigenvalue weighted by atomic mass is 10.0. The van der Waals surface area contributed by atoms with Gasteiger partial charge in [-0.3, -0.25) is 9.78 Å². The summed E-state index contributed by atoms with van der Waals surface area (Å²) in [5.41, 5.74) is 1.92. The molecule has 1 aromatic heterocycles. The minimum Gasteiger partial charge on any atom is -0.327 e. The van der Waals surface area contributed by atoms with Crippen molar-refractivity contribution in [3.05, 3.63) is 24.0 Å². The third-order valence-corrected chi connectivity index (χ3v) is 2.17. The fourth-order valence-electron chi connectivity index (χ4n) is 1.11. The smallest absolute Gasteiger partial charge is 0.211 e. The Morgan fingerprint density at radius 3 is 3.00 bits per heavy atom. The van der Waals surface area contributed by atoms with Gasteiger partial charge in [0.1, 0.15) is 0 Å². The highest BCUT2D eigenvalue weighted by atomic mass is 16.1. The second-order valence-corrected chi connectivity index (χ2v) is 3.08. The van der Waals surface area contributed by atoms with Gasteiger partial charge in [-0.05, 0) is 24.0 Å². The van der Waals surface area contributed by atoms with Gasteiger partial charge in [0, 0.05) is 6.20 Å². The van der Waals surface area contributed by atoms with Gasteiger partial charge in [0.15, 0.2) is 0 Å². The molecule has 0 aliphatic heterocycles. The van der Waals surface area contributed by atoms with Gasteiger partial charge in [0.2, 0.25) is 6.41 Å². The molecule has 0 saturated carbocycles. The first-order valence-electron chi connectivity index (χ1n) is 4.43. The molecule has 1 N–H and O–H groups in total. The molecule has 1 amide bonds. The third-order valence-electron chi connectivity index (χ3n) is 2.17. The van der Waals surface area contributed by atoms with E-state index in [1.165, 1.54) is 0 Å². The zero-order chi connectivity index (χ0) is 9.68. The third kappa shape index (κ3) is 2.54. The van der Waals surface area contributed by atoms with E-state index in [9.17, 15) is 4.79 Å². The second-order valence-electron chi connectivity index (χ2n) is 3.08. The summed E-state index contributed by atoms with van der Waals surface area (Å²) in [7, 11) is 0. The molecule has 0 saturated heterocycles. The van der Waals surface area contributed by atoms with E-state index in [-0.39, 0.29) is 0 Å². The van der Waals surface area contributed by atoms with Gasteiger partial charge in [-0.2, -0.15) is 0 Å². The van der Waals surface area contributed by atoms with Crippen LogP contribution in [0.5, 0.6) is 0 Å². The number of carbonyl (C=O) groups is 1. The van der Waals surface area contributed by atoms with Crippen molar-refractivity contribution in [1.29, 1.82) is 0 Å². The Kier molecular flexibility index (Phi) is 3.43. The molecule has 70 valence electrons. The van der Waals surface area contributed by atoms with Crippen molar-refractivity contribution < 1.29 is 4.79 Å². The number of nitrogens with one attached hydrogen (secondary N) is 1. The van der Waals surface area contributed by atoms with E-state index in [1.54, 1.807) is 6.20 Å². The van der Waals surface area contributed by atoms with E-state index in [0.717, 1.165) is 17.7 Å². The van der Waals surface area contributed by atoms with Crippen molar-refractivity contribution in [1.82, 2.24) is 4.98 Å². The summed E-state index contributed by atoms with van der Waals surface area (Å²) in [6.45, 7) is 4.27. The van der Waals surface area contributed by atoms with Crippen LogP contribution in [-0.2, 0) is 4.79 Å². The van der Waals surface area contributed by atoms with Gasteiger partial charge in [-0.1, -0.05) is 13.8 Å². The first-order valence-corrected chi connectivity index (χ1v) is 4.43. The maximum atomic E-state index is 10.2. The number of anilines is 1.